The lowest BCUT2D eigenvalue weighted by Gasteiger charge is -2.38. The molecule has 6 heteroatoms. The van der Waals surface area contributed by atoms with Crippen molar-refractivity contribution < 1.29 is 14.4 Å². The van der Waals surface area contributed by atoms with Crippen molar-refractivity contribution >= 4 is 29.5 Å². The normalized spacial score (nSPS) is 33.5. The molecule has 1 spiro atoms. The quantitative estimate of drug-likeness (QED) is 0.629. The molecule has 3 amide bonds. The van der Waals surface area contributed by atoms with E-state index >= 15 is 0 Å². The summed E-state index contributed by atoms with van der Waals surface area (Å²) in [6.07, 6.45) is 12.6. The molecule has 0 radical (unpaired) electrons. The van der Waals surface area contributed by atoms with Crippen LogP contribution in [0.25, 0.3) is 0 Å². The number of hydrogen-bond acceptors (Lipinski definition) is 4. The van der Waals surface area contributed by atoms with Gasteiger partial charge in [0.05, 0.1) is 6.54 Å². The van der Waals surface area contributed by atoms with Gasteiger partial charge in [-0.2, -0.15) is 11.8 Å². The average molecular weight is 421 g/mol. The Morgan fingerprint density at radius 1 is 1.03 bits per heavy atom. The Balaban J connectivity index is 1.50. The molecule has 2 unspecified atom stereocenters. The first-order valence-corrected chi connectivity index (χ1v) is 12.8. The fourth-order valence-electron chi connectivity index (χ4n) is 6.42. The molecule has 0 aromatic heterocycles. The standard InChI is InChI=1S/C23H36N2O3S/c1-22(17-10-6-5-7-11-17)20(27)25(21(28)24(22)2)14-19(26)18-15-29-16-23(18)12-8-3-4-9-13-23/h17-18H,3-16H2,1-2H3. The maximum Gasteiger partial charge on any atom is 0.327 e. The maximum atomic E-state index is 13.4. The van der Waals surface area contributed by atoms with E-state index in [1.807, 2.05) is 18.7 Å². The first-order valence-electron chi connectivity index (χ1n) is 11.6. The summed E-state index contributed by atoms with van der Waals surface area (Å²) in [4.78, 5) is 42.8. The Labute approximate surface area is 179 Å². The molecule has 0 bridgehead atoms. The highest BCUT2D eigenvalue weighted by atomic mass is 32.2. The predicted molar refractivity (Wildman–Crippen MR) is 116 cm³/mol. The second kappa shape index (κ2) is 8.24. The van der Waals surface area contributed by atoms with Crippen LogP contribution in [0, 0.1) is 17.3 Å². The largest absolute Gasteiger partial charge is 0.327 e. The average Bonchev–Trinajstić information content (AvgIpc) is 3.08. The summed E-state index contributed by atoms with van der Waals surface area (Å²) in [5, 5.41) is 0. The van der Waals surface area contributed by atoms with E-state index in [0.717, 1.165) is 50.0 Å². The number of nitrogens with zero attached hydrogens (tertiary/aromatic N) is 2. The van der Waals surface area contributed by atoms with E-state index in [0.29, 0.717) is 0 Å². The minimum Gasteiger partial charge on any atom is -0.313 e. The van der Waals surface area contributed by atoms with Crippen LogP contribution in [0.5, 0.6) is 0 Å². The van der Waals surface area contributed by atoms with Crippen LogP contribution in [0.1, 0.15) is 77.6 Å². The van der Waals surface area contributed by atoms with Gasteiger partial charge in [-0.1, -0.05) is 44.9 Å². The maximum absolute atomic E-state index is 13.4. The molecule has 5 nitrogen and oxygen atoms in total. The molecule has 162 valence electrons. The molecule has 2 saturated heterocycles. The van der Waals surface area contributed by atoms with E-state index in [9.17, 15) is 14.4 Å². The van der Waals surface area contributed by atoms with Gasteiger partial charge in [0.25, 0.3) is 5.91 Å². The SMILES string of the molecule is CN1C(=O)N(CC(=O)C2CSCC23CCCCCC3)C(=O)C1(C)C1CCCCC1. The lowest BCUT2D eigenvalue weighted by Crippen LogP contribution is -2.52. The number of imide groups is 1. The molecule has 2 saturated carbocycles. The monoisotopic (exact) mass is 420 g/mol. The first-order chi connectivity index (χ1) is 13.9. The van der Waals surface area contributed by atoms with E-state index in [4.69, 9.17) is 0 Å². The fourth-order valence-corrected chi connectivity index (χ4v) is 8.21. The number of carbonyl (C=O) groups is 3. The van der Waals surface area contributed by atoms with Gasteiger partial charge in [-0.25, -0.2) is 4.79 Å². The Bertz CT molecular complexity index is 667. The zero-order chi connectivity index (χ0) is 20.6. The van der Waals surface area contributed by atoms with Crippen LogP contribution < -0.4 is 0 Å². The Kier molecular flexibility index (Phi) is 6.02. The minimum absolute atomic E-state index is 0.00181. The van der Waals surface area contributed by atoms with Crippen molar-refractivity contribution in [3.63, 3.8) is 0 Å². The molecular weight excluding hydrogens is 384 g/mol. The van der Waals surface area contributed by atoms with E-state index < -0.39 is 5.54 Å². The van der Waals surface area contributed by atoms with Gasteiger partial charge in [0.2, 0.25) is 0 Å². The lowest BCUT2D eigenvalue weighted by atomic mass is 9.70. The van der Waals surface area contributed by atoms with Crippen molar-refractivity contribution in [2.45, 2.75) is 83.1 Å². The summed E-state index contributed by atoms with van der Waals surface area (Å²) in [5.41, 5.74) is -0.690. The summed E-state index contributed by atoms with van der Waals surface area (Å²) in [7, 11) is 1.75. The zero-order valence-electron chi connectivity index (χ0n) is 18.1. The number of urea groups is 1. The summed E-state index contributed by atoms with van der Waals surface area (Å²) in [6, 6.07) is -0.281. The molecule has 4 fully saturated rings. The van der Waals surface area contributed by atoms with Gasteiger partial charge < -0.3 is 4.90 Å². The molecule has 29 heavy (non-hydrogen) atoms. The first kappa shape index (κ1) is 21.2. The van der Waals surface area contributed by atoms with Crippen LogP contribution in [-0.2, 0) is 9.59 Å². The number of rotatable bonds is 4. The van der Waals surface area contributed by atoms with E-state index in [-0.39, 0.29) is 41.5 Å². The van der Waals surface area contributed by atoms with Gasteiger partial charge in [0, 0.05) is 18.7 Å². The van der Waals surface area contributed by atoms with Crippen LogP contribution in [0.2, 0.25) is 0 Å². The van der Waals surface area contributed by atoms with E-state index in [2.05, 4.69) is 0 Å². The van der Waals surface area contributed by atoms with Gasteiger partial charge in [0.1, 0.15) is 5.54 Å². The van der Waals surface area contributed by atoms with Crippen LogP contribution >= 0.6 is 11.8 Å². The smallest absolute Gasteiger partial charge is 0.313 e. The number of thioether (sulfide) groups is 1. The molecule has 0 aromatic carbocycles. The second-order valence-corrected chi connectivity index (χ2v) is 11.1. The van der Waals surface area contributed by atoms with Crippen molar-refractivity contribution in [2.75, 3.05) is 25.1 Å². The van der Waals surface area contributed by atoms with Gasteiger partial charge in [-0.15, -0.1) is 0 Å². The summed E-state index contributed by atoms with van der Waals surface area (Å²) < 4.78 is 0. The van der Waals surface area contributed by atoms with Crippen LogP contribution in [0.15, 0.2) is 0 Å². The Morgan fingerprint density at radius 2 is 1.66 bits per heavy atom. The van der Waals surface area contributed by atoms with E-state index in [1.165, 1.54) is 37.0 Å². The third-order valence-corrected chi connectivity index (χ3v) is 9.86. The molecule has 4 aliphatic rings. The summed E-state index contributed by atoms with van der Waals surface area (Å²) in [5.74, 6) is 2.08. The molecule has 2 aliphatic heterocycles. The Hall–Kier alpha value is -1.04. The van der Waals surface area contributed by atoms with Crippen LogP contribution in [0.3, 0.4) is 0 Å². The zero-order valence-corrected chi connectivity index (χ0v) is 18.9. The Morgan fingerprint density at radius 3 is 2.31 bits per heavy atom. The van der Waals surface area contributed by atoms with Crippen molar-refractivity contribution in [1.29, 1.82) is 0 Å². The lowest BCUT2D eigenvalue weighted by molar-refractivity contribution is -0.139. The van der Waals surface area contributed by atoms with Crippen LogP contribution in [-0.4, -0.2) is 58.2 Å². The summed E-state index contributed by atoms with van der Waals surface area (Å²) >= 11 is 1.89. The molecule has 2 aliphatic carbocycles. The van der Waals surface area contributed by atoms with Crippen LogP contribution in [0.4, 0.5) is 4.79 Å². The van der Waals surface area contributed by atoms with E-state index in [1.54, 1.807) is 11.9 Å². The van der Waals surface area contributed by atoms with Gasteiger partial charge >= 0.3 is 6.03 Å². The molecule has 2 heterocycles. The van der Waals surface area contributed by atoms with Gasteiger partial charge in [-0.3, -0.25) is 14.5 Å². The van der Waals surface area contributed by atoms with Crippen molar-refractivity contribution in [1.82, 2.24) is 9.80 Å². The number of ketones is 1. The third-order valence-electron chi connectivity index (χ3n) is 8.51. The highest BCUT2D eigenvalue weighted by Gasteiger charge is 2.57. The second-order valence-electron chi connectivity index (χ2n) is 10.0. The number of Topliss-reactive ketones (excluding diaryl/α,β-unsaturated/α-hetero) is 1. The minimum atomic E-state index is -0.789. The van der Waals surface area contributed by atoms with Crippen molar-refractivity contribution in [3.05, 3.63) is 0 Å². The number of amides is 3. The third kappa shape index (κ3) is 3.53. The van der Waals surface area contributed by atoms with Crippen molar-refractivity contribution in [3.8, 4) is 0 Å². The summed E-state index contributed by atoms with van der Waals surface area (Å²) in [6.45, 7) is 1.89. The molecule has 2 atom stereocenters. The highest BCUT2D eigenvalue weighted by molar-refractivity contribution is 7.99. The molecule has 4 rings (SSSR count). The van der Waals surface area contributed by atoms with Gasteiger partial charge in [-0.05, 0) is 49.7 Å². The molecular formula is C23H36N2O3S. The molecule has 0 N–H and O–H groups in total. The number of likely N-dealkylation sites (N-methyl/N-ethyl adjacent to an activating group) is 1. The topological polar surface area (TPSA) is 57.7 Å². The number of hydrogen-bond donors (Lipinski definition) is 0. The van der Waals surface area contributed by atoms with Gasteiger partial charge in [0.15, 0.2) is 5.78 Å². The fraction of sp³-hybridized carbons (Fsp3) is 0.870. The highest BCUT2D eigenvalue weighted by Crippen LogP contribution is 2.50. The number of carbonyl (C=O) groups excluding carboxylic acids is 3. The molecule has 0 aromatic rings. The predicted octanol–water partition coefficient (Wildman–Crippen LogP) is 4.49. The van der Waals surface area contributed by atoms with Crippen molar-refractivity contribution in [2.24, 2.45) is 17.3 Å².